The number of nitrogens with one attached hydrogen (secondary N) is 1. The van der Waals surface area contributed by atoms with Crippen molar-refractivity contribution in [1.82, 2.24) is 5.43 Å². The van der Waals surface area contributed by atoms with Crippen molar-refractivity contribution in [1.29, 1.82) is 5.26 Å². The van der Waals surface area contributed by atoms with Gasteiger partial charge in [-0.05, 0) is 12.0 Å². The molecular weight excluding hydrogens is 294 g/mol. The van der Waals surface area contributed by atoms with Gasteiger partial charge in [-0.3, -0.25) is 9.59 Å². The van der Waals surface area contributed by atoms with E-state index in [2.05, 4.69) is 5.29 Å². The summed E-state index contributed by atoms with van der Waals surface area (Å²) in [7, 11) is 0. The van der Waals surface area contributed by atoms with E-state index in [0.717, 1.165) is 0 Å². The first-order valence-corrected chi connectivity index (χ1v) is 6.86. The lowest BCUT2D eigenvalue weighted by Crippen LogP contribution is -2.26. The summed E-state index contributed by atoms with van der Waals surface area (Å²) in [5.41, 5.74) is 3.54. The molecule has 2 rings (SSSR count). The lowest BCUT2D eigenvalue weighted by Gasteiger charge is -2.07. The molecule has 0 aliphatic rings. The van der Waals surface area contributed by atoms with Crippen LogP contribution in [0.5, 0.6) is 0 Å². The van der Waals surface area contributed by atoms with Crippen molar-refractivity contribution >= 4 is 11.7 Å². The zero-order valence-electron chi connectivity index (χ0n) is 12.1. The lowest BCUT2D eigenvalue weighted by atomic mass is 9.97. The van der Waals surface area contributed by atoms with Crippen molar-refractivity contribution in [2.45, 2.75) is 6.42 Å². The number of carbonyl (C=O) groups is 2. The maximum atomic E-state index is 12.3. The van der Waals surface area contributed by atoms with Crippen LogP contribution in [-0.4, -0.2) is 11.7 Å². The Morgan fingerprint density at radius 3 is 2.22 bits per heavy atom. The van der Waals surface area contributed by atoms with E-state index in [-0.39, 0.29) is 12.2 Å². The second-order valence-corrected chi connectivity index (χ2v) is 4.85. The summed E-state index contributed by atoms with van der Waals surface area (Å²) in [6.07, 6.45) is 0.137. The number of carbonyl (C=O) groups excluding carboxylic acids is 2. The Labute approximate surface area is 132 Å². The molecule has 2 aromatic carbocycles. The Morgan fingerprint density at radius 1 is 1.04 bits per heavy atom. The summed E-state index contributed by atoms with van der Waals surface area (Å²) in [4.78, 5) is 33.7. The fraction of sp³-hybridized carbons (Fsp3) is 0.118. The van der Waals surface area contributed by atoms with Crippen LogP contribution < -0.4 is 5.43 Å². The third-order valence-corrected chi connectivity index (χ3v) is 3.32. The second kappa shape index (κ2) is 7.61. The molecule has 0 fully saturated rings. The highest BCUT2D eigenvalue weighted by molar-refractivity contribution is 6.08. The molecule has 6 nitrogen and oxygen atoms in total. The number of benzene rings is 2. The molecule has 2 aromatic rings. The van der Waals surface area contributed by atoms with Gasteiger partial charge in [0.05, 0.1) is 11.4 Å². The predicted molar refractivity (Wildman–Crippen MR) is 83.1 cm³/mol. The van der Waals surface area contributed by atoms with E-state index in [1.54, 1.807) is 54.0 Å². The van der Waals surface area contributed by atoms with Gasteiger partial charge in [-0.15, -0.1) is 4.91 Å². The summed E-state index contributed by atoms with van der Waals surface area (Å²) in [5.74, 6) is -1.85. The van der Waals surface area contributed by atoms with Crippen LogP contribution in [0.4, 0.5) is 0 Å². The molecule has 1 N–H and O–H groups in total. The number of nitrogens with zero attached hydrogens (tertiary/aromatic N) is 2. The van der Waals surface area contributed by atoms with E-state index in [1.165, 1.54) is 0 Å². The minimum absolute atomic E-state index is 0.100. The van der Waals surface area contributed by atoms with Gasteiger partial charge in [0.2, 0.25) is 0 Å². The van der Waals surface area contributed by atoms with Gasteiger partial charge >= 0.3 is 0 Å². The second-order valence-electron chi connectivity index (χ2n) is 4.85. The third-order valence-electron chi connectivity index (χ3n) is 3.32. The van der Waals surface area contributed by atoms with E-state index in [0.29, 0.717) is 16.7 Å². The molecule has 1 amide bonds. The monoisotopic (exact) mass is 307 g/mol. The quantitative estimate of drug-likeness (QED) is 0.503. The fourth-order valence-electron chi connectivity index (χ4n) is 2.10. The van der Waals surface area contributed by atoms with Crippen LogP contribution in [0.15, 0.2) is 59.9 Å². The third kappa shape index (κ3) is 4.08. The molecule has 0 saturated heterocycles. The summed E-state index contributed by atoms with van der Waals surface area (Å²) < 4.78 is 0. The standard InChI is InChI=1S/C17H13N3O3/c18-11-15(17(22)19-20-23)10-12-6-8-14(9-7-12)16(21)13-4-2-1-3-5-13/h1-9,15H,10H2,(H,19,22,23). The van der Waals surface area contributed by atoms with Crippen LogP contribution in [-0.2, 0) is 11.2 Å². The van der Waals surface area contributed by atoms with Gasteiger partial charge in [-0.25, -0.2) is 5.43 Å². The van der Waals surface area contributed by atoms with Gasteiger partial charge in [0.25, 0.3) is 5.91 Å². The minimum Gasteiger partial charge on any atom is -0.289 e. The number of amides is 1. The average molecular weight is 307 g/mol. The molecule has 1 unspecified atom stereocenters. The number of rotatable bonds is 6. The molecule has 0 spiro atoms. The molecule has 6 heteroatoms. The number of nitroso groups, excluding NO2 is 1. The van der Waals surface area contributed by atoms with Crippen LogP contribution in [0.25, 0.3) is 0 Å². The Hall–Kier alpha value is -3.33. The van der Waals surface area contributed by atoms with Gasteiger partial charge in [0.1, 0.15) is 5.92 Å². The van der Waals surface area contributed by atoms with Crippen molar-refractivity contribution in [2.75, 3.05) is 0 Å². The average Bonchev–Trinajstić information content (AvgIpc) is 2.60. The maximum absolute atomic E-state index is 12.3. The van der Waals surface area contributed by atoms with E-state index < -0.39 is 11.8 Å². The van der Waals surface area contributed by atoms with E-state index in [9.17, 15) is 14.5 Å². The zero-order chi connectivity index (χ0) is 16.7. The molecule has 0 radical (unpaired) electrons. The maximum Gasteiger partial charge on any atom is 0.260 e. The Bertz CT molecular complexity index is 749. The zero-order valence-corrected chi connectivity index (χ0v) is 12.1. The van der Waals surface area contributed by atoms with Crippen LogP contribution in [0.3, 0.4) is 0 Å². The highest BCUT2D eigenvalue weighted by Crippen LogP contribution is 2.14. The Morgan fingerprint density at radius 2 is 1.65 bits per heavy atom. The number of hydrogen-bond donors (Lipinski definition) is 1. The first kappa shape index (κ1) is 16.0. The van der Waals surface area contributed by atoms with Crippen molar-refractivity contribution in [3.63, 3.8) is 0 Å². The van der Waals surface area contributed by atoms with Crippen molar-refractivity contribution < 1.29 is 9.59 Å². The van der Waals surface area contributed by atoms with Gasteiger partial charge in [0, 0.05) is 11.1 Å². The summed E-state index contributed by atoms with van der Waals surface area (Å²) >= 11 is 0. The van der Waals surface area contributed by atoms with E-state index in [4.69, 9.17) is 5.26 Å². The van der Waals surface area contributed by atoms with Crippen molar-refractivity contribution in [3.8, 4) is 6.07 Å². The van der Waals surface area contributed by atoms with Crippen LogP contribution in [0.2, 0.25) is 0 Å². The summed E-state index contributed by atoms with van der Waals surface area (Å²) in [5, 5.41) is 11.2. The first-order chi connectivity index (χ1) is 11.2. The molecule has 0 aliphatic carbocycles. The largest absolute Gasteiger partial charge is 0.289 e. The Balaban J connectivity index is 2.10. The molecule has 1 atom stereocenters. The highest BCUT2D eigenvalue weighted by atomic mass is 16.3. The highest BCUT2D eigenvalue weighted by Gasteiger charge is 2.18. The topological polar surface area (TPSA) is 99.4 Å². The van der Waals surface area contributed by atoms with Gasteiger partial charge in [0.15, 0.2) is 5.78 Å². The number of nitriles is 1. The van der Waals surface area contributed by atoms with E-state index in [1.807, 2.05) is 12.1 Å². The molecular formula is C17H13N3O3. The summed E-state index contributed by atoms with van der Waals surface area (Å²) in [6, 6.07) is 17.4. The SMILES string of the molecule is N#CC(Cc1ccc(C(=O)c2ccccc2)cc1)C(=O)NN=O. The minimum atomic E-state index is -1.01. The summed E-state index contributed by atoms with van der Waals surface area (Å²) in [6.45, 7) is 0. The van der Waals surface area contributed by atoms with Crippen LogP contribution >= 0.6 is 0 Å². The Kier molecular flexibility index (Phi) is 5.31. The van der Waals surface area contributed by atoms with Crippen LogP contribution in [0, 0.1) is 22.2 Å². The molecule has 0 saturated carbocycles. The first-order valence-electron chi connectivity index (χ1n) is 6.86. The fourth-order valence-corrected chi connectivity index (χ4v) is 2.10. The molecule has 114 valence electrons. The number of ketones is 1. The molecule has 0 aromatic heterocycles. The van der Waals surface area contributed by atoms with Crippen molar-refractivity contribution in [3.05, 3.63) is 76.2 Å². The lowest BCUT2D eigenvalue weighted by molar-refractivity contribution is -0.123. The van der Waals surface area contributed by atoms with Gasteiger partial charge < -0.3 is 0 Å². The van der Waals surface area contributed by atoms with Crippen molar-refractivity contribution in [2.24, 2.45) is 11.2 Å². The smallest absolute Gasteiger partial charge is 0.260 e. The number of hydrogen-bond acceptors (Lipinski definition) is 5. The molecule has 0 aliphatic heterocycles. The molecule has 0 heterocycles. The molecule has 23 heavy (non-hydrogen) atoms. The van der Waals surface area contributed by atoms with Gasteiger partial charge in [-0.1, -0.05) is 54.6 Å². The van der Waals surface area contributed by atoms with Crippen LogP contribution in [0.1, 0.15) is 21.5 Å². The van der Waals surface area contributed by atoms with E-state index >= 15 is 0 Å². The molecule has 0 bridgehead atoms. The van der Waals surface area contributed by atoms with Gasteiger partial charge in [-0.2, -0.15) is 5.26 Å². The normalized spacial score (nSPS) is 11.1. The predicted octanol–water partition coefficient (Wildman–Crippen LogP) is 2.40.